The van der Waals surface area contributed by atoms with Gasteiger partial charge in [0.15, 0.2) is 5.69 Å². The molecule has 1 fully saturated rings. The first-order valence-corrected chi connectivity index (χ1v) is 9.89. The second-order valence-electron chi connectivity index (χ2n) is 8.01. The molecule has 6 nitrogen and oxygen atoms in total. The van der Waals surface area contributed by atoms with Crippen molar-refractivity contribution in [3.63, 3.8) is 0 Å². The van der Waals surface area contributed by atoms with Crippen molar-refractivity contribution in [3.8, 4) is 5.69 Å². The van der Waals surface area contributed by atoms with Crippen LogP contribution in [0.1, 0.15) is 54.0 Å². The molecule has 2 aromatic rings. The Balaban J connectivity index is 1.66. The summed E-state index contributed by atoms with van der Waals surface area (Å²) in [5, 5.41) is 12.0. The summed E-state index contributed by atoms with van der Waals surface area (Å²) in [7, 11) is 0. The van der Waals surface area contributed by atoms with Crippen LogP contribution in [0.3, 0.4) is 0 Å². The predicted octanol–water partition coefficient (Wildman–Crippen LogP) is 3.04. The van der Waals surface area contributed by atoms with E-state index < -0.39 is 0 Å². The number of aryl methyl sites for hydroxylation is 3. The molecule has 1 aliphatic rings. The van der Waals surface area contributed by atoms with Crippen molar-refractivity contribution in [2.24, 2.45) is 5.92 Å². The first-order chi connectivity index (χ1) is 12.8. The van der Waals surface area contributed by atoms with Crippen LogP contribution in [0.2, 0.25) is 0 Å². The SMILES string of the molecule is Cc1ccc(-n2nc(C)c(C(=O)NCC(C)N3CCCC(C)C3)n2)c(C)c1. The molecule has 0 saturated carbocycles. The van der Waals surface area contributed by atoms with Crippen molar-refractivity contribution >= 4 is 5.91 Å². The number of rotatable bonds is 5. The summed E-state index contributed by atoms with van der Waals surface area (Å²) in [4.78, 5) is 16.7. The second-order valence-corrected chi connectivity index (χ2v) is 8.01. The van der Waals surface area contributed by atoms with Crippen LogP contribution >= 0.6 is 0 Å². The van der Waals surface area contributed by atoms with E-state index in [0.717, 1.165) is 30.3 Å². The third-order valence-electron chi connectivity index (χ3n) is 5.43. The Morgan fingerprint density at radius 2 is 2.07 bits per heavy atom. The van der Waals surface area contributed by atoms with Gasteiger partial charge in [-0.15, -0.1) is 5.10 Å². The molecular weight excluding hydrogens is 338 g/mol. The number of hydrogen-bond acceptors (Lipinski definition) is 4. The largest absolute Gasteiger partial charge is 0.349 e. The molecule has 0 radical (unpaired) electrons. The molecule has 0 bridgehead atoms. The molecule has 1 aromatic carbocycles. The normalized spacial score (nSPS) is 19.1. The quantitative estimate of drug-likeness (QED) is 0.880. The molecule has 1 aliphatic heterocycles. The number of piperidine rings is 1. The van der Waals surface area contributed by atoms with Gasteiger partial charge in [-0.1, -0.05) is 24.6 Å². The second kappa shape index (κ2) is 8.21. The molecule has 0 spiro atoms. The summed E-state index contributed by atoms with van der Waals surface area (Å²) >= 11 is 0. The van der Waals surface area contributed by atoms with Gasteiger partial charge in [0.2, 0.25) is 0 Å². The lowest BCUT2D eigenvalue weighted by molar-refractivity contribution is 0.0911. The lowest BCUT2D eigenvalue weighted by Gasteiger charge is -2.35. The first-order valence-electron chi connectivity index (χ1n) is 9.89. The van der Waals surface area contributed by atoms with Gasteiger partial charge in [0.25, 0.3) is 5.91 Å². The molecule has 146 valence electrons. The third kappa shape index (κ3) is 4.56. The zero-order chi connectivity index (χ0) is 19.6. The number of carbonyl (C=O) groups is 1. The highest BCUT2D eigenvalue weighted by molar-refractivity contribution is 5.93. The Morgan fingerprint density at radius 3 is 2.78 bits per heavy atom. The smallest absolute Gasteiger partial charge is 0.273 e. The van der Waals surface area contributed by atoms with Gasteiger partial charge in [0.05, 0.1) is 11.4 Å². The lowest BCUT2D eigenvalue weighted by Crippen LogP contribution is -2.46. The summed E-state index contributed by atoms with van der Waals surface area (Å²) in [5.41, 5.74) is 4.23. The minimum atomic E-state index is -0.152. The van der Waals surface area contributed by atoms with Crippen LogP contribution in [0.25, 0.3) is 5.69 Å². The summed E-state index contributed by atoms with van der Waals surface area (Å²) < 4.78 is 0. The number of benzene rings is 1. The first kappa shape index (κ1) is 19.5. The van der Waals surface area contributed by atoms with Gasteiger partial charge in [-0.2, -0.15) is 9.90 Å². The van der Waals surface area contributed by atoms with Crippen LogP contribution in [0.5, 0.6) is 0 Å². The van der Waals surface area contributed by atoms with Crippen LogP contribution in [0, 0.1) is 26.7 Å². The average Bonchev–Trinajstić information content (AvgIpc) is 3.01. The van der Waals surface area contributed by atoms with E-state index in [1.165, 1.54) is 18.4 Å². The maximum absolute atomic E-state index is 12.7. The number of aromatic nitrogens is 3. The monoisotopic (exact) mass is 369 g/mol. The van der Waals surface area contributed by atoms with Crippen molar-refractivity contribution in [1.82, 2.24) is 25.2 Å². The maximum Gasteiger partial charge on any atom is 0.273 e. The number of nitrogens with one attached hydrogen (secondary N) is 1. The number of likely N-dealkylation sites (tertiary alicyclic amines) is 1. The topological polar surface area (TPSA) is 63.1 Å². The van der Waals surface area contributed by atoms with Crippen LogP contribution in [-0.2, 0) is 0 Å². The van der Waals surface area contributed by atoms with Crippen molar-refractivity contribution in [1.29, 1.82) is 0 Å². The molecule has 2 atom stereocenters. The van der Waals surface area contributed by atoms with Crippen molar-refractivity contribution < 1.29 is 4.79 Å². The van der Waals surface area contributed by atoms with Gasteiger partial charge in [-0.25, -0.2) is 0 Å². The van der Waals surface area contributed by atoms with E-state index in [1.807, 2.05) is 26.0 Å². The minimum absolute atomic E-state index is 0.152. The molecule has 1 amide bonds. The zero-order valence-electron chi connectivity index (χ0n) is 17.1. The van der Waals surface area contributed by atoms with Crippen LogP contribution in [0.4, 0.5) is 0 Å². The van der Waals surface area contributed by atoms with Crippen molar-refractivity contribution in [2.75, 3.05) is 19.6 Å². The number of hydrogen-bond donors (Lipinski definition) is 1. The molecule has 1 N–H and O–H groups in total. The van der Waals surface area contributed by atoms with Crippen LogP contribution < -0.4 is 5.32 Å². The molecule has 3 rings (SSSR count). The number of amides is 1. The third-order valence-corrected chi connectivity index (χ3v) is 5.43. The van der Waals surface area contributed by atoms with Gasteiger partial charge in [0, 0.05) is 19.1 Å². The van der Waals surface area contributed by atoms with E-state index in [-0.39, 0.29) is 5.91 Å². The molecular formula is C21H31N5O. The number of carbonyl (C=O) groups excluding carboxylic acids is 1. The number of nitrogens with zero attached hydrogens (tertiary/aromatic N) is 4. The van der Waals surface area contributed by atoms with Crippen molar-refractivity contribution in [2.45, 2.75) is 53.5 Å². The molecule has 2 unspecified atom stereocenters. The molecule has 1 saturated heterocycles. The van der Waals surface area contributed by atoms with Gasteiger partial charge in [-0.05, 0) is 64.6 Å². The minimum Gasteiger partial charge on any atom is -0.349 e. The lowest BCUT2D eigenvalue weighted by atomic mass is 9.99. The van der Waals surface area contributed by atoms with Crippen molar-refractivity contribution in [3.05, 3.63) is 40.7 Å². The van der Waals surface area contributed by atoms with Gasteiger partial charge < -0.3 is 5.32 Å². The summed E-state index contributed by atoms with van der Waals surface area (Å²) in [6.07, 6.45) is 2.54. The van der Waals surface area contributed by atoms with Crippen LogP contribution in [0.15, 0.2) is 18.2 Å². The Bertz CT molecular complexity index is 813. The fourth-order valence-electron chi connectivity index (χ4n) is 3.81. The van der Waals surface area contributed by atoms with Crippen LogP contribution in [-0.4, -0.2) is 51.5 Å². The van der Waals surface area contributed by atoms with E-state index in [0.29, 0.717) is 24.0 Å². The molecule has 0 aliphatic carbocycles. The van der Waals surface area contributed by atoms with E-state index in [2.05, 4.69) is 47.3 Å². The average molecular weight is 370 g/mol. The van der Waals surface area contributed by atoms with Gasteiger partial charge in [0.1, 0.15) is 0 Å². The Morgan fingerprint density at radius 1 is 1.30 bits per heavy atom. The molecule has 1 aromatic heterocycles. The zero-order valence-corrected chi connectivity index (χ0v) is 17.1. The Labute approximate surface area is 161 Å². The maximum atomic E-state index is 12.7. The highest BCUT2D eigenvalue weighted by atomic mass is 16.2. The summed E-state index contributed by atoms with van der Waals surface area (Å²) in [6, 6.07) is 6.44. The fraction of sp³-hybridized carbons (Fsp3) is 0.571. The summed E-state index contributed by atoms with van der Waals surface area (Å²) in [6.45, 7) is 13.2. The highest BCUT2D eigenvalue weighted by Gasteiger charge is 2.22. The van der Waals surface area contributed by atoms with Gasteiger partial charge in [-0.3, -0.25) is 9.69 Å². The molecule has 27 heavy (non-hydrogen) atoms. The van der Waals surface area contributed by atoms with E-state index >= 15 is 0 Å². The molecule has 6 heteroatoms. The summed E-state index contributed by atoms with van der Waals surface area (Å²) in [5.74, 6) is 0.581. The van der Waals surface area contributed by atoms with E-state index in [9.17, 15) is 4.79 Å². The fourth-order valence-corrected chi connectivity index (χ4v) is 3.81. The van der Waals surface area contributed by atoms with Gasteiger partial charge >= 0.3 is 0 Å². The van der Waals surface area contributed by atoms with E-state index in [4.69, 9.17) is 0 Å². The Kier molecular flexibility index (Phi) is 5.95. The Hall–Kier alpha value is -2.21. The highest BCUT2D eigenvalue weighted by Crippen LogP contribution is 2.18. The standard InChI is InChI=1S/C21H31N5O/c1-14-8-9-19(16(3)11-14)26-23-18(5)20(24-26)21(27)22-12-17(4)25-10-6-7-15(2)13-25/h8-9,11,15,17H,6-7,10,12-13H2,1-5H3,(H,22,27). The van der Waals surface area contributed by atoms with E-state index in [1.54, 1.807) is 4.80 Å². The predicted molar refractivity (Wildman–Crippen MR) is 107 cm³/mol. The molecule has 2 heterocycles.